The Morgan fingerprint density at radius 2 is 0.872 bits per heavy atom. The van der Waals surface area contributed by atoms with Crippen LogP contribution in [0.2, 0.25) is 0 Å². The molecule has 0 aromatic heterocycles. The van der Waals surface area contributed by atoms with Gasteiger partial charge in [0.05, 0.1) is 51.1 Å². The van der Waals surface area contributed by atoms with E-state index in [4.69, 9.17) is 14.2 Å². The smallest absolute Gasteiger partial charge is 0.255 e. The van der Waals surface area contributed by atoms with Crippen LogP contribution >= 0.6 is 0 Å². The lowest BCUT2D eigenvalue weighted by Gasteiger charge is -2.14. The topological polar surface area (TPSA) is 202 Å². The van der Waals surface area contributed by atoms with Crippen molar-refractivity contribution in [2.24, 2.45) is 0 Å². The molecule has 0 aliphatic rings. The quantitative estimate of drug-likeness (QED) is 0.151. The molecule has 0 fully saturated rings. The number of methoxy groups -OCH3 is 3. The van der Waals surface area contributed by atoms with Crippen LogP contribution in [0.4, 0.5) is 17.1 Å². The third-order valence-electron chi connectivity index (χ3n) is 6.38. The van der Waals surface area contributed by atoms with E-state index in [1.54, 1.807) is 19.1 Å². The maximum absolute atomic E-state index is 13.0. The molecule has 6 N–H and O–H groups in total. The molecule has 248 valence electrons. The van der Waals surface area contributed by atoms with Crippen molar-refractivity contribution in [3.05, 3.63) is 71.3 Å². The number of amides is 6. The van der Waals surface area contributed by atoms with Gasteiger partial charge in [0.15, 0.2) is 0 Å². The zero-order valence-electron chi connectivity index (χ0n) is 26.5. The van der Waals surface area contributed by atoms with E-state index in [2.05, 4.69) is 31.9 Å². The molecule has 3 aromatic rings. The van der Waals surface area contributed by atoms with E-state index in [0.717, 1.165) is 0 Å². The van der Waals surface area contributed by atoms with Gasteiger partial charge in [-0.15, -0.1) is 0 Å². The number of anilines is 3. The number of benzene rings is 3. The maximum Gasteiger partial charge on any atom is 0.255 e. The van der Waals surface area contributed by atoms with Crippen molar-refractivity contribution in [3.63, 3.8) is 0 Å². The Morgan fingerprint density at radius 3 is 1.19 bits per heavy atom. The largest absolute Gasteiger partial charge is 0.496 e. The summed E-state index contributed by atoms with van der Waals surface area (Å²) in [6.45, 7) is 2.67. The van der Waals surface area contributed by atoms with Crippen molar-refractivity contribution < 1.29 is 43.0 Å². The number of rotatable bonds is 14. The van der Waals surface area contributed by atoms with Crippen LogP contribution in [0.1, 0.15) is 44.9 Å². The van der Waals surface area contributed by atoms with Gasteiger partial charge in [-0.3, -0.25) is 28.8 Å². The number of ether oxygens (including phenoxy) is 3. The fourth-order valence-electron chi connectivity index (χ4n) is 4.27. The molecular weight excluding hydrogens is 612 g/mol. The molecule has 0 aliphatic carbocycles. The number of nitrogens with one attached hydrogen (secondary N) is 6. The van der Waals surface area contributed by atoms with Crippen molar-refractivity contribution in [1.82, 2.24) is 16.0 Å². The van der Waals surface area contributed by atoms with E-state index in [9.17, 15) is 28.8 Å². The number of carbonyl (C=O) groups is 6. The molecule has 0 saturated carbocycles. The first-order valence-electron chi connectivity index (χ1n) is 14.3. The fourth-order valence-corrected chi connectivity index (χ4v) is 4.27. The van der Waals surface area contributed by atoms with Crippen LogP contribution in [0, 0.1) is 0 Å². The Morgan fingerprint density at radius 1 is 0.532 bits per heavy atom. The monoisotopic (exact) mass is 648 g/mol. The molecule has 0 aliphatic heterocycles. The Labute approximate surface area is 270 Å². The molecule has 0 heterocycles. The van der Waals surface area contributed by atoms with Crippen molar-refractivity contribution >= 4 is 52.5 Å². The molecule has 6 amide bonds. The molecule has 0 unspecified atom stereocenters. The molecule has 0 bridgehead atoms. The maximum atomic E-state index is 13.0. The van der Waals surface area contributed by atoms with Crippen LogP contribution in [-0.4, -0.2) is 76.4 Å². The van der Waals surface area contributed by atoms with Gasteiger partial charge in [0.2, 0.25) is 17.7 Å². The van der Waals surface area contributed by atoms with Gasteiger partial charge in [-0.1, -0.05) is 0 Å². The van der Waals surface area contributed by atoms with Crippen molar-refractivity contribution in [1.29, 1.82) is 0 Å². The predicted octanol–water partition coefficient (Wildman–Crippen LogP) is 2.16. The fraction of sp³-hybridized carbons (Fsp3) is 0.250. The first kappa shape index (κ1) is 35.4. The molecule has 0 atom stereocenters. The van der Waals surface area contributed by atoms with Crippen LogP contribution in [0.3, 0.4) is 0 Å². The summed E-state index contributed by atoms with van der Waals surface area (Å²) in [5, 5.41) is 15.4. The molecule has 0 radical (unpaired) electrons. The van der Waals surface area contributed by atoms with E-state index in [0.29, 0.717) is 23.7 Å². The van der Waals surface area contributed by atoms with Gasteiger partial charge in [-0.25, -0.2) is 0 Å². The SMILES string of the molecule is CCNC(=O)c1cc(NC(=O)CNC(=O)c2cc(NC(=O)CNC(=O)c3cc(NC(C)=O)ccc3OC)ccc2OC)ccc1OC. The minimum Gasteiger partial charge on any atom is -0.496 e. The lowest BCUT2D eigenvalue weighted by atomic mass is 10.1. The summed E-state index contributed by atoms with van der Waals surface area (Å²) in [7, 11) is 4.17. The van der Waals surface area contributed by atoms with E-state index < -0.39 is 36.7 Å². The molecule has 15 nitrogen and oxygen atoms in total. The summed E-state index contributed by atoms with van der Waals surface area (Å²) in [4.78, 5) is 74.8. The highest BCUT2D eigenvalue weighted by Gasteiger charge is 2.18. The van der Waals surface area contributed by atoms with Gasteiger partial charge >= 0.3 is 0 Å². The first-order valence-corrected chi connectivity index (χ1v) is 14.3. The zero-order chi connectivity index (χ0) is 34.5. The summed E-state index contributed by atoms with van der Waals surface area (Å²) >= 11 is 0. The van der Waals surface area contributed by atoms with Crippen molar-refractivity contribution in [3.8, 4) is 17.2 Å². The third-order valence-corrected chi connectivity index (χ3v) is 6.38. The average molecular weight is 649 g/mol. The van der Waals surface area contributed by atoms with E-state index in [1.807, 2.05) is 0 Å². The normalized spacial score (nSPS) is 10.1. The first-order chi connectivity index (χ1) is 22.5. The summed E-state index contributed by atoms with van der Waals surface area (Å²) < 4.78 is 15.7. The van der Waals surface area contributed by atoms with Crippen molar-refractivity contribution in [2.45, 2.75) is 13.8 Å². The predicted molar refractivity (Wildman–Crippen MR) is 173 cm³/mol. The molecular formula is C32H36N6O9. The third kappa shape index (κ3) is 9.94. The van der Waals surface area contributed by atoms with Crippen molar-refractivity contribution in [2.75, 3.05) is 56.9 Å². The lowest BCUT2D eigenvalue weighted by Crippen LogP contribution is -2.34. The Hall–Kier alpha value is -6.12. The number of hydrogen-bond acceptors (Lipinski definition) is 9. The Bertz CT molecular complexity index is 1670. The molecule has 3 rings (SSSR count). The second kappa shape index (κ2) is 16.8. The minimum absolute atomic E-state index is 0.0321. The van der Waals surface area contributed by atoms with Crippen LogP contribution in [0.15, 0.2) is 54.6 Å². The molecule has 0 saturated heterocycles. The number of hydrogen-bond donors (Lipinski definition) is 6. The Balaban J connectivity index is 1.61. The van der Waals surface area contributed by atoms with Crippen LogP contribution in [-0.2, 0) is 14.4 Å². The molecule has 3 aromatic carbocycles. The molecule has 47 heavy (non-hydrogen) atoms. The lowest BCUT2D eigenvalue weighted by molar-refractivity contribution is -0.116. The van der Waals surface area contributed by atoms with Gasteiger partial charge in [-0.05, 0) is 61.5 Å². The van der Waals surface area contributed by atoms with E-state index in [-0.39, 0.29) is 45.7 Å². The van der Waals surface area contributed by atoms with Crippen LogP contribution < -0.4 is 46.1 Å². The summed E-state index contributed by atoms with van der Waals surface area (Å²) in [5.41, 5.74) is 1.29. The highest BCUT2D eigenvalue weighted by Crippen LogP contribution is 2.25. The van der Waals surface area contributed by atoms with Gasteiger partial charge in [0, 0.05) is 30.5 Å². The minimum atomic E-state index is -0.662. The standard InChI is InChI=1S/C32H36N6O9/c1-6-33-30(42)22-14-20(8-11-25(22)45-3)37-28(40)17-35-32(44)24-15-21(9-12-27(24)47-5)38-29(41)16-34-31(43)23-13-19(36-18(2)39)7-10-26(23)46-4/h7-15H,6,16-17H2,1-5H3,(H,33,42)(H,34,43)(H,35,44)(H,36,39)(H,37,40)(H,38,41). The molecule has 15 heteroatoms. The highest BCUT2D eigenvalue weighted by atomic mass is 16.5. The van der Waals surface area contributed by atoms with E-state index in [1.165, 1.54) is 70.7 Å². The second-order valence-corrected chi connectivity index (χ2v) is 9.75. The van der Waals surface area contributed by atoms with Gasteiger partial charge in [0.25, 0.3) is 17.7 Å². The number of carbonyl (C=O) groups excluding carboxylic acids is 6. The van der Waals surface area contributed by atoms with Gasteiger partial charge < -0.3 is 46.1 Å². The summed E-state index contributed by atoms with van der Waals surface area (Å²) in [6, 6.07) is 13.4. The highest BCUT2D eigenvalue weighted by molar-refractivity contribution is 6.05. The van der Waals surface area contributed by atoms with Gasteiger partial charge in [0.1, 0.15) is 17.2 Å². The summed E-state index contributed by atoms with van der Waals surface area (Å²) in [5.74, 6) is -2.38. The second-order valence-electron chi connectivity index (χ2n) is 9.75. The van der Waals surface area contributed by atoms with Crippen LogP contribution in [0.5, 0.6) is 17.2 Å². The van der Waals surface area contributed by atoms with Crippen LogP contribution in [0.25, 0.3) is 0 Å². The van der Waals surface area contributed by atoms with Gasteiger partial charge in [-0.2, -0.15) is 0 Å². The average Bonchev–Trinajstić information content (AvgIpc) is 3.05. The summed E-state index contributed by atoms with van der Waals surface area (Å²) in [6.07, 6.45) is 0. The molecule has 0 spiro atoms. The zero-order valence-corrected chi connectivity index (χ0v) is 26.5. The Kier molecular flexibility index (Phi) is 12.6. The van der Waals surface area contributed by atoms with E-state index >= 15 is 0 Å².